The summed E-state index contributed by atoms with van der Waals surface area (Å²) in [5.41, 5.74) is 0.888. The van der Waals surface area contributed by atoms with E-state index in [1.165, 1.54) is 23.1 Å². The molecule has 0 spiro atoms. The number of halogens is 3. The van der Waals surface area contributed by atoms with Crippen LogP contribution in [0.1, 0.15) is 31.9 Å². The van der Waals surface area contributed by atoms with E-state index in [0.717, 1.165) is 5.56 Å². The van der Waals surface area contributed by atoms with Crippen LogP contribution in [0.2, 0.25) is 10.0 Å². The van der Waals surface area contributed by atoms with Gasteiger partial charge in [0.05, 0.1) is 6.42 Å². The summed E-state index contributed by atoms with van der Waals surface area (Å²) in [7, 11) is 0. The minimum absolute atomic E-state index is 0.116. The lowest BCUT2D eigenvalue weighted by Gasteiger charge is -2.29. The van der Waals surface area contributed by atoms with Gasteiger partial charge in [0.25, 0.3) is 0 Å². The van der Waals surface area contributed by atoms with Gasteiger partial charge in [0.15, 0.2) is 0 Å². The van der Waals surface area contributed by atoms with Gasteiger partial charge in [0, 0.05) is 28.7 Å². The highest BCUT2D eigenvalue weighted by atomic mass is 35.5. The molecular formula is C22H25Cl2FN2O2. The zero-order valence-corrected chi connectivity index (χ0v) is 18.2. The second-order valence-corrected chi connectivity index (χ2v) is 8.19. The second kappa shape index (κ2) is 10.6. The third kappa shape index (κ3) is 6.72. The third-order valence-electron chi connectivity index (χ3n) is 4.48. The first-order valence-electron chi connectivity index (χ1n) is 9.43. The van der Waals surface area contributed by atoms with Crippen molar-refractivity contribution in [1.82, 2.24) is 10.2 Å². The van der Waals surface area contributed by atoms with Crippen LogP contribution in [0.25, 0.3) is 0 Å². The van der Waals surface area contributed by atoms with Crippen molar-refractivity contribution < 1.29 is 14.0 Å². The van der Waals surface area contributed by atoms with Gasteiger partial charge in [-0.05, 0) is 42.7 Å². The first kappa shape index (κ1) is 23.2. The first-order valence-corrected chi connectivity index (χ1v) is 10.2. The smallest absolute Gasteiger partial charge is 0.242 e. The van der Waals surface area contributed by atoms with Crippen LogP contribution < -0.4 is 5.32 Å². The summed E-state index contributed by atoms with van der Waals surface area (Å²) >= 11 is 12.1. The maximum absolute atomic E-state index is 14.2. The molecule has 0 aliphatic heterocycles. The van der Waals surface area contributed by atoms with Gasteiger partial charge in [-0.15, -0.1) is 0 Å². The van der Waals surface area contributed by atoms with E-state index >= 15 is 0 Å². The van der Waals surface area contributed by atoms with Crippen LogP contribution in [0.15, 0.2) is 42.5 Å². The summed E-state index contributed by atoms with van der Waals surface area (Å²) in [5, 5.41) is 3.55. The highest BCUT2D eigenvalue weighted by Gasteiger charge is 2.27. The molecule has 2 amide bonds. The van der Waals surface area contributed by atoms with Crippen molar-refractivity contribution in [2.75, 3.05) is 6.54 Å². The predicted octanol–water partition coefficient (Wildman–Crippen LogP) is 4.86. The molecule has 1 atom stereocenters. The molecule has 0 aromatic heterocycles. The monoisotopic (exact) mass is 438 g/mol. The van der Waals surface area contributed by atoms with Crippen molar-refractivity contribution in [1.29, 1.82) is 0 Å². The van der Waals surface area contributed by atoms with Gasteiger partial charge in [0.1, 0.15) is 11.9 Å². The predicted molar refractivity (Wildman–Crippen MR) is 114 cm³/mol. The van der Waals surface area contributed by atoms with Crippen LogP contribution in [0, 0.1) is 11.7 Å². The van der Waals surface area contributed by atoms with Crippen molar-refractivity contribution in [2.45, 2.75) is 39.8 Å². The molecule has 0 saturated heterocycles. The summed E-state index contributed by atoms with van der Waals surface area (Å²) in [5.74, 6) is -0.941. The zero-order valence-electron chi connectivity index (χ0n) is 16.7. The average Bonchev–Trinajstić information content (AvgIpc) is 2.66. The molecule has 2 aromatic carbocycles. The molecule has 0 aliphatic carbocycles. The number of benzene rings is 2. The standard InChI is InChI=1S/C22H25Cl2FN2O2/c1-14(2)12-26-22(29)15(3)27(13-16-6-4-7-17(23)10-16)21(28)11-18-19(24)8-5-9-20(18)25/h4-10,14-15H,11-13H2,1-3H3,(H,26,29)/t15-/m1/s1. The Labute approximate surface area is 181 Å². The van der Waals surface area contributed by atoms with E-state index in [1.54, 1.807) is 25.1 Å². The van der Waals surface area contributed by atoms with Gasteiger partial charge in [-0.2, -0.15) is 0 Å². The van der Waals surface area contributed by atoms with Gasteiger partial charge in [0.2, 0.25) is 11.8 Å². The van der Waals surface area contributed by atoms with Crippen LogP contribution in [0.4, 0.5) is 4.39 Å². The molecule has 0 unspecified atom stereocenters. The van der Waals surface area contributed by atoms with E-state index in [1.807, 2.05) is 19.9 Å². The van der Waals surface area contributed by atoms with E-state index in [-0.39, 0.29) is 35.4 Å². The summed E-state index contributed by atoms with van der Waals surface area (Å²) in [6.07, 6.45) is -0.242. The summed E-state index contributed by atoms with van der Waals surface area (Å²) in [4.78, 5) is 27.1. The van der Waals surface area contributed by atoms with Crippen molar-refractivity contribution in [3.05, 3.63) is 69.5 Å². The molecule has 0 bridgehead atoms. The number of hydrogen-bond donors (Lipinski definition) is 1. The molecule has 2 aromatic rings. The Hall–Kier alpha value is -2.11. The van der Waals surface area contributed by atoms with Gasteiger partial charge >= 0.3 is 0 Å². The molecule has 0 aliphatic rings. The van der Waals surface area contributed by atoms with Gasteiger partial charge in [-0.3, -0.25) is 9.59 Å². The number of nitrogens with zero attached hydrogens (tertiary/aromatic N) is 1. The molecular weight excluding hydrogens is 414 g/mol. The van der Waals surface area contributed by atoms with Crippen molar-refractivity contribution in [3.63, 3.8) is 0 Å². The fraction of sp³-hybridized carbons (Fsp3) is 0.364. The molecule has 29 heavy (non-hydrogen) atoms. The highest BCUT2D eigenvalue weighted by Crippen LogP contribution is 2.22. The number of hydrogen-bond acceptors (Lipinski definition) is 2. The molecule has 2 rings (SSSR count). The molecule has 0 heterocycles. The second-order valence-electron chi connectivity index (χ2n) is 7.34. The van der Waals surface area contributed by atoms with Crippen LogP contribution >= 0.6 is 23.2 Å². The number of rotatable bonds is 8. The lowest BCUT2D eigenvalue weighted by molar-refractivity contribution is -0.140. The number of nitrogens with one attached hydrogen (secondary N) is 1. The number of amides is 2. The first-order chi connectivity index (χ1) is 13.7. The molecule has 7 heteroatoms. The Balaban J connectivity index is 2.27. The van der Waals surface area contributed by atoms with E-state index in [4.69, 9.17) is 23.2 Å². The van der Waals surface area contributed by atoms with Gasteiger partial charge in [-0.1, -0.05) is 55.2 Å². The average molecular weight is 439 g/mol. The quantitative estimate of drug-likeness (QED) is 0.639. The Kier molecular flexibility index (Phi) is 8.47. The molecule has 0 saturated carbocycles. The SMILES string of the molecule is CC(C)CNC(=O)[C@@H](C)N(Cc1cccc(Cl)c1)C(=O)Cc1c(F)cccc1Cl. The zero-order chi connectivity index (χ0) is 21.6. The van der Waals surface area contributed by atoms with Crippen molar-refractivity contribution >= 4 is 35.0 Å². The number of carbonyl (C=O) groups is 2. The van der Waals surface area contributed by atoms with E-state index in [9.17, 15) is 14.0 Å². The van der Waals surface area contributed by atoms with Crippen LogP contribution in [-0.2, 0) is 22.6 Å². The molecule has 0 fully saturated rings. The minimum atomic E-state index is -0.745. The van der Waals surface area contributed by atoms with Crippen LogP contribution in [0.5, 0.6) is 0 Å². The third-order valence-corrected chi connectivity index (χ3v) is 5.07. The lowest BCUT2D eigenvalue weighted by atomic mass is 10.1. The number of carbonyl (C=O) groups excluding carboxylic acids is 2. The molecule has 4 nitrogen and oxygen atoms in total. The largest absolute Gasteiger partial charge is 0.354 e. The summed E-state index contributed by atoms with van der Waals surface area (Å²) in [6.45, 7) is 6.30. The Morgan fingerprint density at radius 3 is 2.41 bits per heavy atom. The Morgan fingerprint density at radius 2 is 1.79 bits per heavy atom. The summed E-state index contributed by atoms with van der Waals surface area (Å²) in [6, 6.07) is 10.6. The molecule has 156 valence electrons. The van der Waals surface area contributed by atoms with Crippen LogP contribution in [-0.4, -0.2) is 29.3 Å². The topological polar surface area (TPSA) is 49.4 Å². The highest BCUT2D eigenvalue weighted by molar-refractivity contribution is 6.31. The Bertz CT molecular complexity index is 853. The fourth-order valence-electron chi connectivity index (χ4n) is 2.82. The lowest BCUT2D eigenvalue weighted by Crippen LogP contribution is -2.48. The fourth-order valence-corrected chi connectivity index (χ4v) is 3.26. The van der Waals surface area contributed by atoms with Crippen LogP contribution in [0.3, 0.4) is 0 Å². The van der Waals surface area contributed by atoms with E-state index < -0.39 is 17.8 Å². The van der Waals surface area contributed by atoms with Gasteiger partial charge in [-0.25, -0.2) is 4.39 Å². The van der Waals surface area contributed by atoms with Gasteiger partial charge < -0.3 is 10.2 Å². The van der Waals surface area contributed by atoms with E-state index in [2.05, 4.69) is 5.32 Å². The minimum Gasteiger partial charge on any atom is -0.354 e. The maximum Gasteiger partial charge on any atom is 0.242 e. The van der Waals surface area contributed by atoms with Crippen molar-refractivity contribution in [2.24, 2.45) is 5.92 Å². The summed E-state index contributed by atoms with van der Waals surface area (Å²) < 4.78 is 14.2. The molecule has 1 N–H and O–H groups in total. The normalized spacial score (nSPS) is 12.0. The molecule has 0 radical (unpaired) electrons. The van der Waals surface area contributed by atoms with Crippen molar-refractivity contribution in [3.8, 4) is 0 Å². The van der Waals surface area contributed by atoms with E-state index in [0.29, 0.717) is 11.6 Å². The Morgan fingerprint density at radius 1 is 1.10 bits per heavy atom. The maximum atomic E-state index is 14.2.